The summed E-state index contributed by atoms with van der Waals surface area (Å²) >= 11 is 0. The molecule has 0 saturated heterocycles. The van der Waals surface area contributed by atoms with E-state index in [4.69, 9.17) is 5.26 Å². The van der Waals surface area contributed by atoms with Gasteiger partial charge in [-0.3, -0.25) is 0 Å². The third-order valence-corrected chi connectivity index (χ3v) is 3.21. The van der Waals surface area contributed by atoms with Crippen LogP contribution in [0.2, 0.25) is 0 Å². The van der Waals surface area contributed by atoms with Gasteiger partial charge in [0, 0.05) is 24.2 Å². The first kappa shape index (κ1) is 13.9. The van der Waals surface area contributed by atoms with Gasteiger partial charge in [-0.15, -0.1) is 0 Å². The summed E-state index contributed by atoms with van der Waals surface area (Å²) in [6.45, 7) is 2.51. The largest absolute Gasteiger partial charge is 0.508 e. The minimum absolute atomic E-state index is 0.0476. The molecule has 0 aliphatic carbocycles. The highest BCUT2D eigenvalue weighted by molar-refractivity contribution is 5.39. The number of phenolic OH excluding ortho intramolecular Hbond substituents is 2. The average molecular weight is 268 g/mol. The Labute approximate surface area is 117 Å². The molecule has 1 unspecified atom stereocenters. The summed E-state index contributed by atoms with van der Waals surface area (Å²) in [5.74, 6) is 0.121. The predicted molar refractivity (Wildman–Crippen MR) is 76.2 cm³/mol. The van der Waals surface area contributed by atoms with Crippen molar-refractivity contribution in [3.8, 4) is 17.6 Å². The van der Waals surface area contributed by atoms with Crippen molar-refractivity contribution in [1.29, 1.82) is 5.26 Å². The van der Waals surface area contributed by atoms with E-state index in [0.29, 0.717) is 12.1 Å². The monoisotopic (exact) mass is 268 g/mol. The second-order valence-corrected chi connectivity index (χ2v) is 4.65. The summed E-state index contributed by atoms with van der Waals surface area (Å²) in [5, 5.41) is 31.0. The Kier molecular flexibility index (Phi) is 4.24. The normalized spacial score (nSPS) is 11.8. The van der Waals surface area contributed by atoms with Gasteiger partial charge in [0.15, 0.2) is 0 Å². The van der Waals surface area contributed by atoms with Gasteiger partial charge in [-0.25, -0.2) is 0 Å². The number of hydrogen-bond acceptors (Lipinski definition) is 4. The molecule has 102 valence electrons. The zero-order chi connectivity index (χ0) is 14.5. The van der Waals surface area contributed by atoms with E-state index in [-0.39, 0.29) is 17.5 Å². The van der Waals surface area contributed by atoms with Crippen LogP contribution in [0.4, 0.5) is 0 Å². The lowest BCUT2D eigenvalue weighted by Gasteiger charge is -2.15. The molecule has 0 saturated carbocycles. The van der Waals surface area contributed by atoms with E-state index >= 15 is 0 Å². The molecule has 0 radical (unpaired) electrons. The average Bonchev–Trinajstić information content (AvgIpc) is 2.46. The van der Waals surface area contributed by atoms with Gasteiger partial charge >= 0.3 is 0 Å². The smallest absolute Gasteiger partial charge is 0.123 e. The van der Waals surface area contributed by atoms with Gasteiger partial charge < -0.3 is 15.5 Å². The molecule has 0 heterocycles. The fourth-order valence-electron chi connectivity index (χ4n) is 1.93. The first-order valence-electron chi connectivity index (χ1n) is 6.34. The van der Waals surface area contributed by atoms with Crippen LogP contribution in [-0.4, -0.2) is 10.2 Å². The fourth-order valence-corrected chi connectivity index (χ4v) is 1.93. The Morgan fingerprint density at radius 3 is 2.45 bits per heavy atom. The maximum Gasteiger partial charge on any atom is 0.123 e. The van der Waals surface area contributed by atoms with Crippen LogP contribution in [0.5, 0.6) is 11.5 Å². The van der Waals surface area contributed by atoms with E-state index in [9.17, 15) is 10.2 Å². The number of phenols is 2. The molecule has 0 bridgehead atoms. The minimum Gasteiger partial charge on any atom is -0.508 e. The van der Waals surface area contributed by atoms with Crippen LogP contribution in [0.25, 0.3) is 0 Å². The molecule has 0 amide bonds. The van der Waals surface area contributed by atoms with Crippen LogP contribution >= 0.6 is 0 Å². The van der Waals surface area contributed by atoms with E-state index in [2.05, 4.69) is 11.4 Å². The molecule has 20 heavy (non-hydrogen) atoms. The van der Waals surface area contributed by atoms with E-state index in [0.717, 1.165) is 11.1 Å². The lowest BCUT2D eigenvalue weighted by Crippen LogP contribution is -2.18. The van der Waals surface area contributed by atoms with Gasteiger partial charge in [0.25, 0.3) is 0 Å². The third kappa shape index (κ3) is 3.28. The summed E-state index contributed by atoms with van der Waals surface area (Å²) in [5.41, 5.74) is 2.43. The molecule has 4 heteroatoms. The van der Waals surface area contributed by atoms with E-state index in [1.54, 1.807) is 24.3 Å². The van der Waals surface area contributed by atoms with Crippen molar-refractivity contribution in [2.45, 2.75) is 19.5 Å². The van der Waals surface area contributed by atoms with Crippen LogP contribution < -0.4 is 5.32 Å². The quantitative estimate of drug-likeness (QED) is 0.797. The molecule has 0 aliphatic heterocycles. The topological polar surface area (TPSA) is 76.3 Å². The van der Waals surface area contributed by atoms with Crippen LogP contribution in [0.3, 0.4) is 0 Å². The number of nitrogens with zero attached hydrogens (tertiary/aromatic N) is 1. The zero-order valence-electron chi connectivity index (χ0n) is 11.2. The van der Waals surface area contributed by atoms with Crippen molar-refractivity contribution in [2.24, 2.45) is 0 Å². The van der Waals surface area contributed by atoms with Crippen molar-refractivity contribution in [1.82, 2.24) is 5.32 Å². The van der Waals surface area contributed by atoms with Crippen LogP contribution in [0.15, 0.2) is 42.5 Å². The maximum atomic E-state index is 9.71. The predicted octanol–water partition coefficient (Wildman–Crippen LogP) is 2.82. The Hall–Kier alpha value is -2.51. The highest BCUT2D eigenvalue weighted by Gasteiger charge is 2.07. The molecule has 0 aromatic heterocycles. The summed E-state index contributed by atoms with van der Waals surface area (Å²) in [4.78, 5) is 0. The Morgan fingerprint density at radius 1 is 1.15 bits per heavy atom. The van der Waals surface area contributed by atoms with Gasteiger partial charge in [-0.1, -0.05) is 18.2 Å². The number of rotatable bonds is 4. The molecular formula is C16H16N2O2. The number of benzene rings is 2. The Balaban J connectivity index is 2.00. The maximum absolute atomic E-state index is 9.71. The fraction of sp³-hybridized carbons (Fsp3) is 0.188. The summed E-state index contributed by atoms with van der Waals surface area (Å²) in [7, 11) is 0. The first-order chi connectivity index (χ1) is 9.60. The summed E-state index contributed by atoms with van der Waals surface area (Å²) in [6, 6.07) is 14.1. The van der Waals surface area contributed by atoms with Gasteiger partial charge in [0.2, 0.25) is 0 Å². The Bertz CT molecular complexity index is 630. The summed E-state index contributed by atoms with van der Waals surface area (Å²) < 4.78 is 0. The van der Waals surface area contributed by atoms with Crippen LogP contribution in [0, 0.1) is 11.3 Å². The second kappa shape index (κ2) is 6.09. The standard InChI is InChI=1S/C16H16N2O2/c1-11(13-4-2-12(9-17)3-5-13)18-10-14-6-7-15(19)8-16(14)20/h2-8,11,18-20H,10H2,1H3. The van der Waals surface area contributed by atoms with Gasteiger partial charge in [0.1, 0.15) is 11.5 Å². The Morgan fingerprint density at radius 2 is 1.85 bits per heavy atom. The molecule has 1 atom stereocenters. The van der Waals surface area contributed by atoms with Crippen molar-refractivity contribution < 1.29 is 10.2 Å². The molecule has 0 spiro atoms. The molecule has 0 aliphatic rings. The second-order valence-electron chi connectivity index (χ2n) is 4.65. The number of aromatic hydroxyl groups is 2. The molecule has 3 N–H and O–H groups in total. The minimum atomic E-state index is 0.0476. The molecule has 2 aromatic carbocycles. The molecule has 0 fully saturated rings. The molecule has 2 aromatic rings. The third-order valence-electron chi connectivity index (χ3n) is 3.21. The lowest BCUT2D eigenvalue weighted by atomic mass is 10.1. The number of hydrogen-bond donors (Lipinski definition) is 3. The van der Waals surface area contributed by atoms with Crippen molar-refractivity contribution in [2.75, 3.05) is 0 Å². The molecular weight excluding hydrogens is 252 g/mol. The van der Waals surface area contributed by atoms with E-state index in [1.165, 1.54) is 6.07 Å². The van der Waals surface area contributed by atoms with Crippen LogP contribution in [0.1, 0.15) is 29.7 Å². The van der Waals surface area contributed by atoms with Crippen molar-refractivity contribution in [3.05, 3.63) is 59.2 Å². The van der Waals surface area contributed by atoms with Crippen LogP contribution in [-0.2, 0) is 6.54 Å². The summed E-state index contributed by atoms with van der Waals surface area (Å²) in [6.07, 6.45) is 0. The molecule has 4 nitrogen and oxygen atoms in total. The first-order valence-corrected chi connectivity index (χ1v) is 6.34. The van der Waals surface area contributed by atoms with Gasteiger partial charge in [-0.2, -0.15) is 5.26 Å². The SMILES string of the molecule is CC(NCc1ccc(O)cc1O)c1ccc(C#N)cc1. The van der Waals surface area contributed by atoms with Gasteiger partial charge in [-0.05, 0) is 30.7 Å². The number of nitrogens with one attached hydrogen (secondary N) is 1. The highest BCUT2D eigenvalue weighted by Crippen LogP contribution is 2.23. The van der Waals surface area contributed by atoms with E-state index < -0.39 is 0 Å². The van der Waals surface area contributed by atoms with E-state index in [1.807, 2.05) is 19.1 Å². The zero-order valence-corrected chi connectivity index (χ0v) is 11.2. The highest BCUT2D eigenvalue weighted by atomic mass is 16.3. The van der Waals surface area contributed by atoms with Crippen molar-refractivity contribution >= 4 is 0 Å². The van der Waals surface area contributed by atoms with Gasteiger partial charge in [0.05, 0.1) is 11.6 Å². The number of nitriles is 1. The molecule has 2 rings (SSSR count). The lowest BCUT2D eigenvalue weighted by molar-refractivity contribution is 0.441. The van der Waals surface area contributed by atoms with Crippen molar-refractivity contribution in [3.63, 3.8) is 0 Å².